The number of methoxy groups -OCH3 is 1. The number of carbonyl (C=O) groups is 2. The van der Waals surface area contributed by atoms with E-state index in [4.69, 9.17) is 9.15 Å². The van der Waals surface area contributed by atoms with Crippen molar-refractivity contribution in [1.82, 2.24) is 10.6 Å². The molecule has 0 aliphatic rings. The van der Waals surface area contributed by atoms with E-state index in [0.717, 1.165) is 11.3 Å². The van der Waals surface area contributed by atoms with Crippen LogP contribution in [0.4, 0.5) is 0 Å². The van der Waals surface area contributed by atoms with Crippen LogP contribution in [0.15, 0.2) is 53.2 Å². The van der Waals surface area contributed by atoms with Gasteiger partial charge in [0.1, 0.15) is 17.6 Å². The third-order valence-electron chi connectivity index (χ3n) is 3.62. The van der Waals surface area contributed by atoms with Gasteiger partial charge in [-0.05, 0) is 49.8 Å². The number of rotatable bonds is 7. The third kappa shape index (κ3) is 5.53. The molecule has 2 aromatic rings. The first-order valence-electron chi connectivity index (χ1n) is 7.96. The lowest BCUT2D eigenvalue weighted by molar-refractivity contribution is -0.127. The summed E-state index contributed by atoms with van der Waals surface area (Å²) in [6, 6.07) is 9.90. The molecule has 2 unspecified atom stereocenters. The minimum Gasteiger partial charge on any atom is -0.497 e. The van der Waals surface area contributed by atoms with Gasteiger partial charge in [0.2, 0.25) is 11.8 Å². The minimum atomic E-state index is -0.662. The Morgan fingerprint density at radius 3 is 2.44 bits per heavy atom. The average molecular weight is 342 g/mol. The Labute approximate surface area is 146 Å². The van der Waals surface area contributed by atoms with Gasteiger partial charge in [0.05, 0.1) is 19.4 Å². The number of benzene rings is 1. The van der Waals surface area contributed by atoms with Crippen LogP contribution in [0, 0.1) is 0 Å². The van der Waals surface area contributed by atoms with Crippen LogP contribution < -0.4 is 15.4 Å². The topological polar surface area (TPSA) is 80.6 Å². The number of amides is 2. The molecule has 0 fully saturated rings. The van der Waals surface area contributed by atoms with Crippen LogP contribution in [0.25, 0.3) is 6.08 Å². The van der Waals surface area contributed by atoms with Gasteiger partial charge >= 0.3 is 0 Å². The molecule has 1 aromatic carbocycles. The highest BCUT2D eigenvalue weighted by atomic mass is 16.5. The highest BCUT2D eigenvalue weighted by molar-refractivity contribution is 5.95. The number of hydrogen-bond acceptors (Lipinski definition) is 4. The molecule has 0 saturated carbocycles. The molecule has 0 aliphatic heterocycles. The zero-order valence-corrected chi connectivity index (χ0v) is 14.5. The number of furan rings is 1. The molecule has 1 aromatic heterocycles. The summed E-state index contributed by atoms with van der Waals surface area (Å²) in [5.41, 5.74) is 0.861. The van der Waals surface area contributed by atoms with E-state index in [1.807, 2.05) is 31.2 Å². The normalized spacial score (nSPS) is 13.2. The summed E-state index contributed by atoms with van der Waals surface area (Å²) in [5.74, 6) is 0.781. The maximum atomic E-state index is 12.1. The summed E-state index contributed by atoms with van der Waals surface area (Å²) in [5, 5.41) is 5.42. The van der Waals surface area contributed by atoms with Crippen LogP contribution in [0.5, 0.6) is 5.75 Å². The quantitative estimate of drug-likeness (QED) is 0.758. The van der Waals surface area contributed by atoms with Crippen molar-refractivity contribution in [1.29, 1.82) is 0 Å². The lowest BCUT2D eigenvalue weighted by atomic mass is 10.2. The molecule has 6 nitrogen and oxygen atoms in total. The van der Waals surface area contributed by atoms with E-state index >= 15 is 0 Å². The van der Waals surface area contributed by atoms with Crippen LogP contribution >= 0.6 is 0 Å². The molecular weight excluding hydrogens is 320 g/mol. The molecule has 2 rings (SSSR count). The van der Waals surface area contributed by atoms with Gasteiger partial charge < -0.3 is 19.8 Å². The Bertz CT molecular complexity index is 720. The van der Waals surface area contributed by atoms with E-state index in [1.165, 1.54) is 6.08 Å². The maximum absolute atomic E-state index is 12.1. The first kappa shape index (κ1) is 18.3. The first-order valence-corrected chi connectivity index (χ1v) is 7.96. The molecule has 2 atom stereocenters. The summed E-state index contributed by atoms with van der Waals surface area (Å²) in [7, 11) is 1.59. The Morgan fingerprint density at radius 1 is 1.12 bits per heavy atom. The lowest BCUT2D eigenvalue weighted by Crippen LogP contribution is -2.44. The predicted octanol–water partition coefficient (Wildman–Crippen LogP) is 2.68. The first-order chi connectivity index (χ1) is 12.0. The van der Waals surface area contributed by atoms with E-state index in [0.29, 0.717) is 5.76 Å². The van der Waals surface area contributed by atoms with E-state index in [2.05, 4.69) is 10.6 Å². The van der Waals surface area contributed by atoms with E-state index < -0.39 is 6.04 Å². The molecule has 25 heavy (non-hydrogen) atoms. The number of hydrogen-bond donors (Lipinski definition) is 2. The van der Waals surface area contributed by atoms with Gasteiger partial charge in [0.15, 0.2) is 0 Å². The van der Waals surface area contributed by atoms with Crippen molar-refractivity contribution in [3.8, 4) is 5.75 Å². The molecule has 2 N–H and O–H groups in total. The van der Waals surface area contributed by atoms with Crippen molar-refractivity contribution < 1.29 is 18.7 Å². The van der Waals surface area contributed by atoms with Crippen molar-refractivity contribution in [2.45, 2.75) is 25.9 Å². The van der Waals surface area contributed by atoms with Crippen LogP contribution in [-0.2, 0) is 9.59 Å². The standard InChI is InChI=1S/C19H22N2O4/c1-13(17-5-4-12-25-17)21-19(23)14(2)20-18(22)11-8-15-6-9-16(24-3)10-7-15/h4-14H,1-3H3,(H,20,22)(H,21,23)/b11-8+. The molecule has 0 aliphatic carbocycles. The van der Waals surface area contributed by atoms with Crippen molar-refractivity contribution in [2.24, 2.45) is 0 Å². The Morgan fingerprint density at radius 2 is 1.84 bits per heavy atom. The zero-order chi connectivity index (χ0) is 18.2. The molecule has 2 amide bonds. The molecule has 1 heterocycles. The van der Waals surface area contributed by atoms with Crippen LogP contribution in [0.1, 0.15) is 31.2 Å². The van der Waals surface area contributed by atoms with Gasteiger partial charge in [0.25, 0.3) is 0 Å². The number of nitrogens with one attached hydrogen (secondary N) is 2. The fourth-order valence-corrected chi connectivity index (χ4v) is 2.16. The number of ether oxygens (including phenoxy) is 1. The summed E-state index contributed by atoms with van der Waals surface area (Å²) in [4.78, 5) is 24.1. The van der Waals surface area contributed by atoms with Gasteiger partial charge in [-0.2, -0.15) is 0 Å². The van der Waals surface area contributed by atoms with Gasteiger partial charge in [-0.15, -0.1) is 0 Å². The van der Waals surface area contributed by atoms with Gasteiger partial charge in [0, 0.05) is 6.08 Å². The van der Waals surface area contributed by atoms with Crippen molar-refractivity contribution in [2.75, 3.05) is 7.11 Å². The van der Waals surface area contributed by atoms with Gasteiger partial charge in [-0.3, -0.25) is 9.59 Å². The second-order valence-corrected chi connectivity index (χ2v) is 5.58. The SMILES string of the molecule is COc1ccc(/C=C/C(=O)NC(C)C(=O)NC(C)c2ccco2)cc1. The Balaban J connectivity index is 1.83. The van der Waals surface area contributed by atoms with E-state index in [1.54, 1.807) is 38.5 Å². The Kier molecular flexibility index (Phi) is 6.39. The molecule has 0 saturated heterocycles. The third-order valence-corrected chi connectivity index (χ3v) is 3.62. The van der Waals surface area contributed by atoms with Crippen LogP contribution in [-0.4, -0.2) is 25.0 Å². The summed E-state index contributed by atoms with van der Waals surface area (Å²) in [6.07, 6.45) is 4.61. The zero-order valence-electron chi connectivity index (χ0n) is 14.5. The Hall–Kier alpha value is -3.02. The maximum Gasteiger partial charge on any atom is 0.244 e. The summed E-state index contributed by atoms with van der Waals surface area (Å²) < 4.78 is 10.3. The highest BCUT2D eigenvalue weighted by Crippen LogP contribution is 2.13. The van der Waals surface area contributed by atoms with E-state index in [9.17, 15) is 9.59 Å². The predicted molar refractivity (Wildman–Crippen MR) is 94.9 cm³/mol. The molecule has 6 heteroatoms. The fraction of sp³-hybridized carbons (Fsp3) is 0.263. The average Bonchev–Trinajstić information content (AvgIpc) is 3.15. The highest BCUT2D eigenvalue weighted by Gasteiger charge is 2.18. The molecule has 132 valence electrons. The molecule has 0 radical (unpaired) electrons. The smallest absolute Gasteiger partial charge is 0.244 e. The lowest BCUT2D eigenvalue weighted by Gasteiger charge is -2.16. The van der Waals surface area contributed by atoms with Crippen molar-refractivity contribution in [3.63, 3.8) is 0 Å². The molecular formula is C19H22N2O4. The van der Waals surface area contributed by atoms with Crippen molar-refractivity contribution >= 4 is 17.9 Å². The van der Waals surface area contributed by atoms with E-state index in [-0.39, 0.29) is 17.9 Å². The van der Waals surface area contributed by atoms with Crippen LogP contribution in [0.3, 0.4) is 0 Å². The largest absolute Gasteiger partial charge is 0.497 e. The molecule has 0 bridgehead atoms. The molecule has 0 spiro atoms. The summed E-state index contributed by atoms with van der Waals surface area (Å²) in [6.45, 7) is 3.44. The minimum absolute atomic E-state index is 0.267. The monoisotopic (exact) mass is 342 g/mol. The fourth-order valence-electron chi connectivity index (χ4n) is 2.16. The van der Waals surface area contributed by atoms with Gasteiger partial charge in [-0.25, -0.2) is 0 Å². The number of carbonyl (C=O) groups excluding carboxylic acids is 2. The second kappa shape index (κ2) is 8.73. The van der Waals surface area contributed by atoms with Crippen molar-refractivity contribution in [3.05, 3.63) is 60.1 Å². The second-order valence-electron chi connectivity index (χ2n) is 5.58. The summed E-state index contributed by atoms with van der Waals surface area (Å²) >= 11 is 0. The van der Waals surface area contributed by atoms with Crippen LogP contribution in [0.2, 0.25) is 0 Å². The van der Waals surface area contributed by atoms with Gasteiger partial charge in [-0.1, -0.05) is 12.1 Å².